The summed E-state index contributed by atoms with van der Waals surface area (Å²) in [5.41, 5.74) is 0.771. The van der Waals surface area contributed by atoms with Gasteiger partial charge in [0.25, 0.3) is 5.91 Å². The van der Waals surface area contributed by atoms with Gasteiger partial charge in [0, 0.05) is 11.8 Å². The third-order valence-electron chi connectivity index (χ3n) is 1.80. The molecule has 1 aromatic rings. The van der Waals surface area contributed by atoms with Crippen molar-refractivity contribution in [2.75, 3.05) is 0 Å². The maximum absolute atomic E-state index is 11.3. The minimum atomic E-state index is -0.346. The maximum Gasteiger partial charge on any atom is 0.274 e. The molecule has 1 rings (SSSR count). The van der Waals surface area contributed by atoms with Crippen molar-refractivity contribution in [3.63, 3.8) is 0 Å². The number of nitrogens with zero attached hydrogens (tertiary/aromatic N) is 2. The molecular formula is C10H12N2O2. The molecule has 0 radical (unpaired) electrons. The number of hydrogen-bond acceptors (Lipinski definition) is 2. The van der Waals surface area contributed by atoms with E-state index in [-0.39, 0.29) is 11.4 Å². The van der Waals surface area contributed by atoms with E-state index in [0.717, 1.165) is 4.73 Å². The van der Waals surface area contributed by atoms with E-state index in [1.165, 1.54) is 6.20 Å². The molecule has 0 spiro atoms. The molecular weight excluding hydrogens is 180 g/mol. The molecule has 1 heterocycles. The molecule has 14 heavy (non-hydrogen) atoms. The first-order valence-corrected chi connectivity index (χ1v) is 4.24. The van der Waals surface area contributed by atoms with E-state index < -0.39 is 0 Å². The normalized spacial score (nSPS) is 13.0. The van der Waals surface area contributed by atoms with Crippen LogP contribution in [0.2, 0.25) is 0 Å². The van der Waals surface area contributed by atoms with Gasteiger partial charge in [-0.2, -0.15) is 9.72 Å². The SMILES string of the molecule is C/C=C(\C)C(=O)N=c1ccccn1O. The van der Waals surface area contributed by atoms with Gasteiger partial charge in [-0.25, -0.2) is 0 Å². The van der Waals surface area contributed by atoms with E-state index in [9.17, 15) is 10.0 Å². The van der Waals surface area contributed by atoms with Crippen molar-refractivity contribution in [3.05, 3.63) is 41.5 Å². The number of allylic oxidation sites excluding steroid dienone is 1. The van der Waals surface area contributed by atoms with Crippen LogP contribution in [-0.4, -0.2) is 15.8 Å². The van der Waals surface area contributed by atoms with Crippen molar-refractivity contribution in [1.29, 1.82) is 0 Å². The van der Waals surface area contributed by atoms with Crippen LogP contribution < -0.4 is 5.49 Å². The number of rotatable bonds is 1. The summed E-state index contributed by atoms with van der Waals surface area (Å²) >= 11 is 0. The van der Waals surface area contributed by atoms with E-state index in [4.69, 9.17) is 0 Å². The van der Waals surface area contributed by atoms with E-state index in [1.54, 1.807) is 38.1 Å². The Morgan fingerprint density at radius 3 is 2.86 bits per heavy atom. The molecule has 1 amide bonds. The third-order valence-corrected chi connectivity index (χ3v) is 1.80. The van der Waals surface area contributed by atoms with Crippen LogP contribution >= 0.6 is 0 Å². The maximum atomic E-state index is 11.3. The van der Waals surface area contributed by atoms with Gasteiger partial charge in [0.05, 0.1) is 0 Å². The van der Waals surface area contributed by atoms with Crippen LogP contribution in [0.15, 0.2) is 41.0 Å². The lowest BCUT2D eigenvalue weighted by Gasteiger charge is -1.96. The smallest absolute Gasteiger partial charge is 0.274 e. The number of carbonyl (C=O) groups excluding carboxylic acids is 1. The highest BCUT2D eigenvalue weighted by molar-refractivity contribution is 5.93. The second kappa shape index (κ2) is 4.41. The third kappa shape index (κ3) is 2.32. The minimum absolute atomic E-state index is 0.221. The standard InChI is InChI=1S/C10H12N2O2/c1-3-8(2)10(13)11-9-6-4-5-7-12(9)14/h3-7,14H,1-2H3/b8-3+,11-9?. The Bertz CT molecular complexity index is 430. The average molecular weight is 192 g/mol. The quantitative estimate of drug-likeness (QED) is 0.535. The Balaban J connectivity index is 3.12. The topological polar surface area (TPSA) is 54.6 Å². The van der Waals surface area contributed by atoms with Gasteiger partial charge in [-0.1, -0.05) is 12.1 Å². The molecule has 0 atom stereocenters. The lowest BCUT2D eigenvalue weighted by molar-refractivity contribution is -0.114. The Hall–Kier alpha value is -1.84. The van der Waals surface area contributed by atoms with Crippen LogP contribution in [0.4, 0.5) is 0 Å². The fraction of sp³-hybridized carbons (Fsp3) is 0.200. The Labute approximate surface area is 81.8 Å². The molecule has 0 aliphatic carbocycles. The summed E-state index contributed by atoms with van der Waals surface area (Å²) in [4.78, 5) is 15.1. The number of aromatic nitrogens is 1. The minimum Gasteiger partial charge on any atom is -0.427 e. The predicted molar refractivity (Wildman–Crippen MR) is 51.6 cm³/mol. The van der Waals surface area contributed by atoms with Crippen molar-refractivity contribution in [3.8, 4) is 0 Å². The van der Waals surface area contributed by atoms with Crippen LogP contribution in [0.5, 0.6) is 0 Å². The van der Waals surface area contributed by atoms with Crippen LogP contribution in [0, 0.1) is 0 Å². The van der Waals surface area contributed by atoms with Gasteiger partial charge in [-0.15, -0.1) is 0 Å². The highest BCUT2D eigenvalue weighted by atomic mass is 16.5. The Morgan fingerprint density at radius 1 is 1.57 bits per heavy atom. The fourth-order valence-electron chi connectivity index (χ4n) is 0.830. The lowest BCUT2D eigenvalue weighted by Crippen LogP contribution is -2.19. The van der Waals surface area contributed by atoms with Gasteiger partial charge in [-0.3, -0.25) is 4.79 Å². The van der Waals surface area contributed by atoms with Crippen molar-refractivity contribution in [2.45, 2.75) is 13.8 Å². The van der Waals surface area contributed by atoms with Crippen molar-refractivity contribution in [2.24, 2.45) is 4.99 Å². The summed E-state index contributed by atoms with van der Waals surface area (Å²) in [7, 11) is 0. The Morgan fingerprint density at radius 2 is 2.29 bits per heavy atom. The van der Waals surface area contributed by atoms with Crippen LogP contribution in [0.1, 0.15) is 13.8 Å². The molecule has 0 saturated heterocycles. The summed E-state index contributed by atoms with van der Waals surface area (Å²) in [6, 6.07) is 4.90. The number of carbonyl (C=O) groups is 1. The highest BCUT2D eigenvalue weighted by Gasteiger charge is 1.99. The van der Waals surface area contributed by atoms with E-state index in [1.807, 2.05) is 0 Å². The van der Waals surface area contributed by atoms with Gasteiger partial charge in [0.2, 0.25) is 0 Å². The summed E-state index contributed by atoms with van der Waals surface area (Å²) in [6.07, 6.45) is 3.09. The number of pyridine rings is 1. The first kappa shape index (κ1) is 10.2. The molecule has 1 aromatic heterocycles. The van der Waals surface area contributed by atoms with Crippen molar-refractivity contribution < 1.29 is 10.0 Å². The van der Waals surface area contributed by atoms with Gasteiger partial charge in [0.15, 0.2) is 5.49 Å². The second-order valence-corrected chi connectivity index (χ2v) is 2.79. The summed E-state index contributed by atoms with van der Waals surface area (Å²) < 4.78 is 0.806. The number of hydrogen-bond donors (Lipinski definition) is 1. The predicted octanol–water partition coefficient (Wildman–Crippen LogP) is 1.12. The van der Waals surface area contributed by atoms with Gasteiger partial charge >= 0.3 is 0 Å². The number of amides is 1. The molecule has 0 aliphatic heterocycles. The van der Waals surface area contributed by atoms with Gasteiger partial charge in [-0.05, 0) is 26.0 Å². The molecule has 74 valence electrons. The highest BCUT2D eigenvalue weighted by Crippen LogP contribution is 1.93. The van der Waals surface area contributed by atoms with Gasteiger partial charge < -0.3 is 5.21 Å². The second-order valence-electron chi connectivity index (χ2n) is 2.79. The molecule has 0 aliphatic rings. The average Bonchev–Trinajstić information content (AvgIpc) is 2.20. The molecule has 0 bridgehead atoms. The molecule has 0 fully saturated rings. The summed E-state index contributed by atoms with van der Waals surface area (Å²) in [5, 5.41) is 9.27. The largest absolute Gasteiger partial charge is 0.427 e. The molecule has 0 saturated carbocycles. The summed E-state index contributed by atoms with van der Waals surface area (Å²) in [6.45, 7) is 3.44. The van der Waals surface area contributed by atoms with Crippen LogP contribution in [0.3, 0.4) is 0 Å². The van der Waals surface area contributed by atoms with Crippen molar-refractivity contribution >= 4 is 5.91 Å². The monoisotopic (exact) mass is 192 g/mol. The van der Waals surface area contributed by atoms with E-state index >= 15 is 0 Å². The summed E-state index contributed by atoms with van der Waals surface area (Å²) in [5.74, 6) is -0.346. The van der Waals surface area contributed by atoms with Crippen molar-refractivity contribution in [1.82, 2.24) is 4.73 Å². The van der Waals surface area contributed by atoms with Crippen LogP contribution in [-0.2, 0) is 4.79 Å². The fourth-order valence-corrected chi connectivity index (χ4v) is 0.830. The molecule has 4 nitrogen and oxygen atoms in total. The Kier molecular flexibility index (Phi) is 3.23. The first-order chi connectivity index (χ1) is 6.65. The molecule has 1 N–H and O–H groups in total. The van der Waals surface area contributed by atoms with E-state index in [2.05, 4.69) is 4.99 Å². The molecule has 0 aromatic carbocycles. The lowest BCUT2D eigenvalue weighted by atomic mass is 10.3. The van der Waals surface area contributed by atoms with E-state index in [0.29, 0.717) is 5.57 Å². The first-order valence-electron chi connectivity index (χ1n) is 4.24. The zero-order valence-corrected chi connectivity index (χ0v) is 8.14. The molecule has 4 heteroatoms. The zero-order chi connectivity index (χ0) is 10.6. The van der Waals surface area contributed by atoms with Crippen LogP contribution in [0.25, 0.3) is 0 Å². The molecule has 0 unspecified atom stereocenters. The zero-order valence-electron chi connectivity index (χ0n) is 8.14. The van der Waals surface area contributed by atoms with Gasteiger partial charge in [0.1, 0.15) is 0 Å².